The van der Waals surface area contributed by atoms with Gasteiger partial charge in [-0.1, -0.05) is 0 Å². The molecule has 0 aromatic rings. The van der Waals surface area contributed by atoms with E-state index in [1.165, 1.54) is 6.42 Å². The number of hydrogen-bond acceptors (Lipinski definition) is 1. The molecule has 1 heterocycles. The van der Waals surface area contributed by atoms with E-state index >= 15 is 0 Å². The lowest BCUT2D eigenvalue weighted by Crippen LogP contribution is -2.00. The Hall–Kier alpha value is -0.720. The van der Waals surface area contributed by atoms with Gasteiger partial charge in [0, 0.05) is 12.8 Å². The molecular weight excluding hydrogens is 124 g/mol. The van der Waals surface area contributed by atoms with Gasteiger partial charge < -0.3 is 4.74 Å². The van der Waals surface area contributed by atoms with Crippen molar-refractivity contribution in [2.45, 2.75) is 33.1 Å². The van der Waals surface area contributed by atoms with Gasteiger partial charge in [-0.3, -0.25) is 0 Å². The summed E-state index contributed by atoms with van der Waals surface area (Å²) < 4.78 is 5.51. The van der Waals surface area contributed by atoms with Gasteiger partial charge in [0.05, 0.1) is 11.5 Å². The van der Waals surface area contributed by atoms with Gasteiger partial charge in [0.2, 0.25) is 0 Å². The third-order valence-corrected chi connectivity index (χ3v) is 1.75. The van der Waals surface area contributed by atoms with Crippen molar-refractivity contribution < 1.29 is 4.74 Å². The molecule has 0 spiro atoms. The van der Waals surface area contributed by atoms with E-state index in [1.54, 1.807) is 0 Å². The van der Waals surface area contributed by atoms with Crippen LogP contribution in [-0.4, -0.2) is 0 Å². The van der Waals surface area contributed by atoms with Crippen LogP contribution in [0.1, 0.15) is 33.1 Å². The van der Waals surface area contributed by atoms with Crippen LogP contribution in [0.25, 0.3) is 0 Å². The predicted molar refractivity (Wildman–Crippen MR) is 42.5 cm³/mol. The van der Waals surface area contributed by atoms with Crippen molar-refractivity contribution in [1.29, 1.82) is 0 Å². The van der Waals surface area contributed by atoms with E-state index in [9.17, 15) is 0 Å². The lowest BCUT2D eigenvalue weighted by atomic mass is 10.1. The molecule has 0 bridgehead atoms. The monoisotopic (exact) mass is 138 g/mol. The summed E-state index contributed by atoms with van der Waals surface area (Å²) in [5.74, 6) is 2.25. The van der Waals surface area contributed by atoms with Gasteiger partial charge in [-0.05, 0) is 32.4 Å². The van der Waals surface area contributed by atoms with Crippen molar-refractivity contribution in [3.63, 3.8) is 0 Å². The zero-order chi connectivity index (χ0) is 7.40. The van der Waals surface area contributed by atoms with Crippen molar-refractivity contribution in [3.05, 3.63) is 23.7 Å². The van der Waals surface area contributed by atoms with Crippen LogP contribution in [0.15, 0.2) is 23.7 Å². The van der Waals surface area contributed by atoms with Crippen molar-refractivity contribution in [1.82, 2.24) is 0 Å². The summed E-state index contributed by atoms with van der Waals surface area (Å²) in [6.07, 6.45) is 7.53. The Morgan fingerprint density at radius 3 is 2.00 bits per heavy atom. The SMILES string of the molecule is C/C=C1\CCC/C(=C\C)O1. The lowest BCUT2D eigenvalue weighted by molar-refractivity contribution is 0.242. The van der Waals surface area contributed by atoms with E-state index in [1.807, 2.05) is 26.0 Å². The maximum Gasteiger partial charge on any atom is 0.0993 e. The third-order valence-electron chi connectivity index (χ3n) is 1.75. The predicted octanol–water partition coefficient (Wildman–Crippen LogP) is 2.99. The maximum absolute atomic E-state index is 5.51. The fraction of sp³-hybridized carbons (Fsp3) is 0.556. The Morgan fingerprint density at radius 1 is 1.10 bits per heavy atom. The van der Waals surface area contributed by atoms with E-state index in [2.05, 4.69) is 0 Å². The van der Waals surface area contributed by atoms with E-state index in [0.29, 0.717) is 0 Å². The van der Waals surface area contributed by atoms with E-state index in [4.69, 9.17) is 4.74 Å². The van der Waals surface area contributed by atoms with Crippen molar-refractivity contribution in [3.8, 4) is 0 Å². The molecule has 0 saturated carbocycles. The second-order valence-electron chi connectivity index (χ2n) is 2.47. The molecule has 1 heteroatoms. The van der Waals surface area contributed by atoms with Gasteiger partial charge in [0.15, 0.2) is 0 Å². The minimum atomic E-state index is 1.10. The van der Waals surface area contributed by atoms with Crippen LogP contribution in [0.3, 0.4) is 0 Å². The molecule has 0 amide bonds. The Bertz CT molecular complexity index is 148. The lowest BCUT2D eigenvalue weighted by Gasteiger charge is -2.17. The highest BCUT2D eigenvalue weighted by Gasteiger charge is 2.08. The normalized spacial score (nSPS) is 27.0. The molecule has 0 aromatic carbocycles. The van der Waals surface area contributed by atoms with Crippen LogP contribution in [0.4, 0.5) is 0 Å². The molecule has 0 aliphatic carbocycles. The highest BCUT2D eigenvalue weighted by atomic mass is 16.5. The number of hydrogen-bond donors (Lipinski definition) is 0. The summed E-state index contributed by atoms with van der Waals surface area (Å²) in [4.78, 5) is 0. The average molecular weight is 138 g/mol. The maximum atomic E-state index is 5.51. The van der Waals surface area contributed by atoms with Gasteiger partial charge in [0.25, 0.3) is 0 Å². The summed E-state index contributed by atoms with van der Waals surface area (Å²) in [6, 6.07) is 0. The zero-order valence-corrected chi connectivity index (χ0v) is 6.68. The smallest absolute Gasteiger partial charge is 0.0993 e. The molecule has 1 fully saturated rings. The first-order valence-corrected chi connectivity index (χ1v) is 3.85. The van der Waals surface area contributed by atoms with E-state index in [0.717, 1.165) is 24.4 Å². The van der Waals surface area contributed by atoms with Crippen LogP contribution >= 0.6 is 0 Å². The van der Waals surface area contributed by atoms with Crippen LogP contribution in [0.2, 0.25) is 0 Å². The first-order chi connectivity index (χ1) is 4.86. The molecule has 1 aliphatic rings. The molecule has 1 rings (SSSR count). The van der Waals surface area contributed by atoms with E-state index < -0.39 is 0 Å². The Kier molecular flexibility index (Phi) is 2.55. The van der Waals surface area contributed by atoms with Gasteiger partial charge >= 0.3 is 0 Å². The summed E-state index contributed by atoms with van der Waals surface area (Å²) in [5.41, 5.74) is 0. The largest absolute Gasteiger partial charge is 0.467 e. The minimum absolute atomic E-state index is 1.10. The van der Waals surface area contributed by atoms with Crippen LogP contribution < -0.4 is 0 Å². The topological polar surface area (TPSA) is 9.23 Å². The van der Waals surface area contributed by atoms with Crippen LogP contribution in [0.5, 0.6) is 0 Å². The van der Waals surface area contributed by atoms with Crippen molar-refractivity contribution in [2.75, 3.05) is 0 Å². The molecule has 56 valence electrons. The van der Waals surface area contributed by atoms with Gasteiger partial charge in [-0.15, -0.1) is 0 Å². The second-order valence-corrected chi connectivity index (χ2v) is 2.47. The zero-order valence-electron chi connectivity index (χ0n) is 6.68. The molecule has 0 atom stereocenters. The Balaban J connectivity index is 2.56. The summed E-state index contributed by atoms with van der Waals surface area (Å²) in [6.45, 7) is 4.04. The highest BCUT2D eigenvalue weighted by Crippen LogP contribution is 2.23. The molecule has 10 heavy (non-hydrogen) atoms. The Morgan fingerprint density at radius 2 is 1.60 bits per heavy atom. The summed E-state index contributed by atoms with van der Waals surface area (Å²) in [7, 11) is 0. The molecular formula is C9H14O. The standard InChI is InChI=1S/C9H14O/c1-3-8-6-5-7-9(4-2)10-8/h3-4H,5-7H2,1-2H3/b8-3+,9-4+. The minimum Gasteiger partial charge on any atom is -0.467 e. The van der Waals surface area contributed by atoms with Crippen LogP contribution in [0, 0.1) is 0 Å². The summed E-state index contributed by atoms with van der Waals surface area (Å²) in [5, 5.41) is 0. The fourth-order valence-corrected chi connectivity index (χ4v) is 1.11. The summed E-state index contributed by atoms with van der Waals surface area (Å²) >= 11 is 0. The first kappa shape index (κ1) is 7.39. The van der Waals surface area contributed by atoms with Crippen molar-refractivity contribution in [2.24, 2.45) is 0 Å². The third kappa shape index (κ3) is 1.63. The number of rotatable bonds is 0. The average Bonchev–Trinajstić information content (AvgIpc) is 2.05. The van der Waals surface area contributed by atoms with Gasteiger partial charge in [0.1, 0.15) is 0 Å². The Labute approximate surface area is 62.4 Å². The number of allylic oxidation sites excluding steroid dienone is 4. The van der Waals surface area contributed by atoms with Gasteiger partial charge in [-0.25, -0.2) is 0 Å². The second kappa shape index (κ2) is 3.45. The number of ether oxygens (including phenoxy) is 1. The fourth-order valence-electron chi connectivity index (χ4n) is 1.11. The molecule has 0 aromatic heterocycles. The molecule has 1 nitrogen and oxygen atoms in total. The quantitative estimate of drug-likeness (QED) is 0.500. The molecule has 0 unspecified atom stereocenters. The van der Waals surface area contributed by atoms with E-state index in [-0.39, 0.29) is 0 Å². The molecule has 1 aliphatic heterocycles. The first-order valence-electron chi connectivity index (χ1n) is 3.85. The molecule has 0 radical (unpaired) electrons. The van der Waals surface area contributed by atoms with Crippen LogP contribution in [-0.2, 0) is 4.74 Å². The molecule has 1 saturated heterocycles. The van der Waals surface area contributed by atoms with Gasteiger partial charge in [-0.2, -0.15) is 0 Å². The van der Waals surface area contributed by atoms with Crippen molar-refractivity contribution >= 4 is 0 Å². The highest BCUT2D eigenvalue weighted by molar-refractivity contribution is 5.04. The molecule has 0 N–H and O–H groups in total.